The van der Waals surface area contributed by atoms with Gasteiger partial charge in [-0.05, 0) is 54.8 Å². The van der Waals surface area contributed by atoms with Gasteiger partial charge in [-0.1, -0.05) is 0 Å². The molecule has 1 atom stereocenters. The zero-order chi connectivity index (χ0) is 15.5. The lowest BCUT2D eigenvalue weighted by molar-refractivity contribution is -0.116. The van der Waals surface area contributed by atoms with Crippen LogP contribution in [0.2, 0.25) is 0 Å². The molecule has 2 amide bonds. The quantitative estimate of drug-likeness (QED) is 0.913. The molecule has 2 N–H and O–H groups in total. The fourth-order valence-electron chi connectivity index (χ4n) is 2.54. The van der Waals surface area contributed by atoms with Crippen LogP contribution >= 0.6 is 0 Å². The third-order valence-electron chi connectivity index (χ3n) is 3.82. The molecular weight excluding hydrogens is 278 g/mol. The number of amides is 2. The summed E-state index contributed by atoms with van der Waals surface area (Å²) >= 11 is 0. The van der Waals surface area contributed by atoms with Crippen LogP contribution in [0.3, 0.4) is 0 Å². The van der Waals surface area contributed by atoms with Gasteiger partial charge in [-0.3, -0.25) is 14.6 Å². The zero-order valence-electron chi connectivity index (χ0n) is 12.3. The predicted octanol–water partition coefficient (Wildman–Crippen LogP) is 2.46. The molecule has 2 aromatic rings. The number of nitrogens with zero attached hydrogens (tertiary/aromatic N) is 1. The lowest BCUT2D eigenvalue weighted by Gasteiger charge is -2.18. The van der Waals surface area contributed by atoms with Gasteiger partial charge in [-0.2, -0.15) is 0 Å². The van der Waals surface area contributed by atoms with Crippen molar-refractivity contribution in [2.45, 2.75) is 25.8 Å². The van der Waals surface area contributed by atoms with Gasteiger partial charge in [-0.25, -0.2) is 0 Å². The highest BCUT2D eigenvalue weighted by Gasteiger charge is 2.17. The minimum atomic E-state index is -0.121. The lowest BCUT2D eigenvalue weighted by Crippen LogP contribution is -2.27. The second-order valence-corrected chi connectivity index (χ2v) is 5.40. The molecular formula is C17H17N3O2. The molecule has 1 aromatic carbocycles. The maximum Gasteiger partial charge on any atom is 0.251 e. The van der Waals surface area contributed by atoms with Gasteiger partial charge in [0, 0.05) is 30.1 Å². The summed E-state index contributed by atoms with van der Waals surface area (Å²) in [6.45, 7) is 1.94. The normalized spacial score (nSPS) is 14.7. The van der Waals surface area contributed by atoms with E-state index in [2.05, 4.69) is 15.6 Å². The second kappa shape index (κ2) is 5.97. The first-order valence-corrected chi connectivity index (χ1v) is 7.27. The summed E-state index contributed by atoms with van der Waals surface area (Å²) in [5.74, 6) is -0.0972. The number of carbonyl (C=O) groups excluding carboxylic acids is 2. The Bertz CT molecular complexity index is 713. The molecule has 0 unspecified atom stereocenters. The third-order valence-corrected chi connectivity index (χ3v) is 3.82. The molecule has 0 fully saturated rings. The minimum Gasteiger partial charge on any atom is -0.346 e. The lowest BCUT2D eigenvalue weighted by atomic mass is 10.00. The van der Waals surface area contributed by atoms with Crippen molar-refractivity contribution in [2.24, 2.45) is 0 Å². The van der Waals surface area contributed by atoms with Crippen LogP contribution in [-0.2, 0) is 11.2 Å². The first-order valence-electron chi connectivity index (χ1n) is 7.27. The van der Waals surface area contributed by atoms with Crippen LogP contribution in [-0.4, -0.2) is 16.8 Å². The fourth-order valence-corrected chi connectivity index (χ4v) is 2.54. The third kappa shape index (κ3) is 2.98. The molecule has 0 aliphatic carbocycles. The number of anilines is 1. The molecule has 0 bridgehead atoms. The van der Waals surface area contributed by atoms with Crippen molar-refractivity contribution in [3.8, 4) is 0 Å². The monoisotopic (exact) mass is 295 g/mol. The van der Waals surface area contributed by atoms with Gasteiger partial charge in [0.2, 0.25) is 5.91 Å². The van der Waals surface area contributed by atoms with Gasteiger partial charge in [0.15, 0.2) is 0 Å². The number of benzene rings is 1. The van der Waals surface area contributed by atoms with Crippen LogP contribution < -0.4 is 10.6 Å². The molecule has 3 rings (SSSR count). The summed E-state index contributed by atoms with van der Waals surface area (Å²) in [5, 5.41) is 5.79. The van der Waals surface area contributed by atoms with Crippen LogP contribution in [0.5, 0.6) is 0 Å². The summed E-state index contributed by atoms with van der Waals surface area (Å²) in [6.07, 6.45) is 4.55. The first kappa shape index (κ1) is 14.3. The van der Waals surface area contributed by atoms with Crippen molar-refractivity contribution < 1.29 is 9.59 Å². The Hall–Kier alpha value is -2.69. The Morgan fingerprint density at radius 2 is 2.00 bits per heavy atom. The number of rotatable bonds is 3. The molecule has 1 aliphatic heterocycles. The largest absolute Gasteiger partial charge is 0.346 e. The molecule has 0 saturated carbocycles. The number of aryl methyl sites for hydroxylation is 1. The van der Waals surface area contributed by atoms with E-state index in [-0.39, 0.29) is 17.9 Å². The summed E-state index contributed by atoms with van der Waals surface area (Å²) in [4.78, 5) is 27.7. The summed E-state index contributed by atoms with van der Waals surface area (Å²) in [7, 11) is 0. The highest BCUT2D eigenvalue weighted by molar-refractivity contribution is 5.98. The first-order chi connectivity index (χ1) is 10.6. The van der Waals surface area contributed by atoms with E-state index in [0.717, 1.165) is 16.8 Å². The standard InChI is InChI=1S/C17H17N3O2/c1-11(12-6-8-18-9-7-12)19-17(22)14-2-4-15-13(10-14)3-5-16(21)20-15/h2,4,6-11H,3,5H2,1H3,(H,19,22)(H,20,21)/t11-/m0/s1. The number of carbonyl (C=O) groups is 2. The average molecular weight is 295 g/mol. The average Bonchev–Trinajstić information content (AvgIpc) is 2.55. The number of aromatic nitrogens is 1. The van der Waals surface area contributed by atoms with Crippen molar-refractivity contribution in [2.75, 3.05) is 5.32 Å². The maximum atomic E-state index is 12.4. The van der Waals surface area contributed by atoms with E-state index in [4.69, 9.17) is 0 Å². The topological polar surface area (TPSA) is 71.1 Å². The van der Waals surface area contributed by atoms with E-state index in [9.17, 15) is 9.59 Å². The number of nitrogens with one attached hydrogen (secondary N) is 2. The molecule has 2 heterocycles. The number of hydrogen-bond acceptors (Lipinski definition) is 3. The van der Waals surface area contributed by atoms with E-state index in [1.54, 1.807) is 24.5 Å². The molecule has 1 aromatic heterocycles. The van der Waals surface area contributed by atoms with Crippen molar-refractivity contribution >= 4 is 17.5 Å². The Morgan fingerprint density at radius 3 is 2.77 bits per heavy atom. The van der Waals surface area contributed by atoms with Gasteiger partial charge < -0.3 is 10.6 Å². The summed E-state index contributed by atoms with van der Waals surface area (Å²) in [6, 6.07) is 9.05. The fraction of sp³-hybridized carbons (Fsp3) is 0.235. The van der Waals surface area contributed by atoms with Crippen molar-refractivity contribution in [3.63, 3.8) is 0 Å². The van der Waals surface area contributed by atoms with Gasteiger partial charge in [-0.15, -0.1) is 0 Å². The van der Waals surface area contributed by atoms with E-state index >= 15 is 0 Å². The molecule has 22 heavy (non-hydrogen) atoms. The number of fused-ring (bicyclic) bond motifs is 1. The van der Waals surface area contributed by atoms with Crippen LogP contribution in [0.15, 0.2) is 42.7 Å². The SMILES string of the molecule is C[C@H](NC(=O)c1ccc2c(c1)CCC(=O)N2)c1ccncc1. The second-order valence-electron chi connectivity index (χ2n) is 5.40. The van der Waals surface area contributed by atoms with Gasteiger partial charge in [0.25, 0.3) is 5.91 Å². The van der Waals surface area contributed by atoms with E-state index in [1.807, 2.05) is 25.1 Å². The molecule has 1 aliphatic rings. The van der Waals surface area contributed by atoms with Crippen molar-refractivity contribution in [1.29, 1.82) is 0 Å². The van der Waals surface area contributed by atoms with Gasteiger partial charge >= 0.3 is 0 Å². The molecule has 0 saturated heterocycles. The number of pyridine rings is 1. The predicted molar refractivity (Wildman–Crippen MR) is 83.5 cm³/mol. The van der Waals surface area contributed by atoms with E-state index in [1.165, 1.54) is 0 Å². The van der Waals surface area contributed by atoms with Crippen LogP contribution in [0.1, 0.15) is 40.9 Å². The zero-order valence-corrected chi connectivity index (χ0v) is 12.3. The van der Waals surface area contributed by atoms with Crippen LogP contribution in [0.25, 0.3) is 0 Å². The smallest absolute Gasteiger partial charge is 0.251 e. The highest BCUT2D eigenvalue weighted by Crippen LogP contribution is 2.24. The van der Waals surface area contributed by atoms with Crippen LogP contribution in [0, 0.1) is 0 Å². The highest BCUT2D eigenvalue weighted by atomic mass is 16.2. The van der Waals surface area contributed by atoms with E-state index < -0.39 is 0 Å². The Labute approximate surface area is 128 Å². The van der Waals surface area contributed by atoms with Crippen LogP contribution in [0.4, 0.5) is 5.69 Å². The maximum absolute atomic E-state index is 12.4. The van der Waals surface area contributed by atoms with Gasteiger partial charge in [0.1, 0.15) is 0 Å². The van der Waals surface area contributed by atoms with Crippen molar-refractivity contribution in [1.82, 2.24) is 10.3 Å². The molecule has 0 radical (unpaired) electrons. The molecule has 0 spiro atoms. The minimum absolute atomic E-state index is 0.0241. The Kier molecular flexibility index (Phi) is 3.87. The molecule has 112 valence electrons. The summed E-state index contributed by atoms with van der Waals surface area (Å²) in [5.41, 5.74) is 3.42. The molecule has 5 nitrogen and oxygen atoms in total. The Morgan fingerprint density at radius 1 is 1.23 bits per heavy atom. The van der Waals surface area contributed by atoms with Crippen molar-refractivity contribution in [3.05, 3.63) is 59.4 Å². The number of hydrogen-bond donors (Lipinski definition) is 2. The van der Waals surface area contributed by atoms with E-state index in [0.29, 0.717) is 18.4 Å². The molecule has 5 heteroatoms. The summed E-state index contributed by atoms with van der Waals surface area (Å²) < 4.78 is 0. The Balaban J connectivity index is 1.74. The van der Waals surface area contributed by atoms with Gasteiger partial charge in [0.05, 0.1) is 6.04 Å².